The van der Waals surface area contributed by atoms with Crippen LogP contribution in [0.1, 0.15) is 39.5 Å². The quantitative estimate of drug-likeness (QED) is 0.194. The van der Waals surface area contributed by atoms with Gasteiger partial charge in [0.1, 0.15) is 29.2 Å². The number of hydrogen-bond donors (Lipinski definition) is 4. The van der Waals surface area contributed by atoms with E-state index in [-0.39, 0.29) is 24.4 Å². The third-order valence-corrected chi connectivity index (χ3v) is 7.73. The highest BCUT2D eigenvalue weighted by Gasteiger charge is 2.41. The van der Waals surface area contributed by atoms with Crippen LogP contribution in [0, 0.1) is 11.2 Å². The fourth-order valence-corrected chi connectivity index (χ4v) is 5.22. The molecule has 42 heavy (non-hydrogen) atoms. The number of likely N-dealkylation sites (tertiary alicyclic amines) is 1. The number of carbonyl (C=O) groups excluding carboxylic acids is 3. The third kappa shape index (κ3) is 7.85. The van der Waals surface area contributed by atoms with E-state index in [4.69, 9.17) is 15.9 Å². The summed E-state index contributed by atoms with van der Waals surface area (Å²) in [6, 6.07) is 13.2. The first-order valence-corrected chi connectivity index (χ1v) is 13.6. The molecule has 222 valence electrons. The number of nitrogens with zero attached hydrogens (tertiary/aromatic N) is 1. The van der Waals surface area contributed by atoms with E-state index in [1.54, 1.807) is 19.1 Å². The van der Waals surface area contributed by atoms with Crippen LogP contribution in [0.25, 0.3) is 0 Å². The zero-order valence-corrected chi connectivity index (χ0v) is 23.1. The minimum atomic E-state index is -3.08. The van der Waals surface area contributed by atoms with Crippen molar-refractivity contribution in [2.75, 3.05) is 13.1 Å². The van der Waals surface area contributed by atoms with Crippen molar-refractivity contribution >= 4 is 34.9 Å². The number of amidine groups is 1. The van der Waals surface area contributed by atoms with E-state index in [0.717, 1.165) is 4.90 Å². The Labute approximate surface area is 243 Å². The maximum atomic E-state index is 13.1. The van der Waals surface area contributed by atoms with Gasteiger partial charge in [-0.1, -0.05) is 0 Å². The van der Waals surface area contributed by atoms with Gasteiger partial charge in [-0.15, -0.1) is 11.3 Å². The van der Waals surface area contributed by atoms with E-state index < -0.39 is 54.9 Å². The number of nitrogens with two attached hydrogens (primary N) is 1. The highest BCUT2D eigenvalue weighted by molar-refractivity contribution is 7.14. The number of amides is 3. The van der Waals surface area contributed by atoms with E-state index in [1.807, 2.05) is 0 Å². The fraction of sp³-hybridized carbons (Fsp3) is 0.286. The van der Waals surface area contributed by atoms with E-state index >= 15 is 0 Å². The average Bonchev–Trinajstić information content (AvgIpc) is 3.61. The van der Waals surface area contributed by atoms with Crippen LogP contribution in [-0.2, 0) is 14.3 Å². The monoisotopic (exact) mass is 603 g/mol. The van der Waals surface area contributed by atoms with E-state index in [0.29, 0.717) is 21.3 Å². The molecule has 4 rings (SSSR count). The maximum Gasteiger partial charge on any atom is 0.345 e. The molecular weight excluding hydrogens is 575 g/mol. The van der Waals surface area contributed by atoms with E-state index in [2.05, 4.69) is 15.4 Å². The molecule has 1 saturated heterocycles. The first kappa shape index (κ1) is 30.5. The van der Waals surface area contributed by atoms with Crippen molar-refractivity contribution in [1.29, 1.82) is 5.41 Å². The number of alkyl halides is 2. The summed E-state index contributed by atoms with van der Waals surface area (Å²) in [5, 5.41) is 12.8. The molecule has 3 aromatic rings. The summed E-state index contributed by atoms with van der Waals surface area (Å²) in [6.07, 6.45) is -1.23. The van der Waals surface area contributed by atoms with Crippen LogP contribution in [0.4, 0.5) is 13.2 Å². The van der Waals surface area contributed by atoms with Gasteiger partial charge in [0.05, 0.1) is 23.6 Å². The largest absolute Gasteiger partial charge is 0.457 e. The number of nitrogens with one attached hydrogen (secondary N) is 3. The number of benzene rings is 2. The molecule has 2 aromatic carbocycles. The van der Waals surface area contributed by atoms with Gasteiger partial charge in [-0.25, -0.2) is 4.39 Å². The molecule has 1 fully saturated rings. The molecule has 1 aliphatic heterocycles. The van der Waals surface area contributed by atoms with Crippen molar-refractivity contribution in [1.82, 2.24) is 15.5 Å². The molecule has 0 saturated carbocycles. The summed E-state index contributed by atoms with van der Waals surface area (Å²) in [4.78, 5) is 41.2. The van der Waals surface area contributed by atoms with Crippen molar-refractivity contribution in [2.24, 2.45) is 5.73 Å². The summed E-state index contributed by atoms with van der Waals surface area (Å²) in [5.41, 5.74) is 5.72. The van der Waals surface area contributed by atoms with Gasteiger partial charge in [-0.3, -0.25) is 19.8 Å². The smallest absolute Gasteiger partial charge is 0.345 e. The highest BCUT2D eigenvalue weighted by Crippen LogP contribution is 2.26. The second kappa shape index (κ2) is 13.5. The number of carbonyl (C=O) groups is 3. The second-order valence-electron chi connectivity index (χ2n) is 9.43. The minimum absolute atomic E-state index is 0.111. The highest BCUT2D eigenvalue weighted by atomic mass is 32.1. The second-order valence-corrected chi connectivity index (χ2v) is 10.5. The summed E-state index contributed by atoms with van der Waals surface area (Å²) in [5.74, 6) is -1.51. The first-order chi connectivity index (χ1) is 20.0. The van der Waals surface area contributed by atoms with Crippen molar-refractivity contribution in [3.63, 3.8) is 0 Å². The Morgan fingerprint density at radius 3 is 2.31 bits per heavy atom. The molecule has 14 heteroatoms. The lowest BCUT2D eigenvalue weighted by Gasteiger charge is -2.25. The van der Waals surface area contributed by atoms with Gasteiger partial charge in [0, 0.05) is 23.4 Å². The number of halogens is 3. The molecule has 1 aliphatic rings. The van der Waals surface area contributed by atoms with Crippen LogP contribution in [0.2, 0.25) is 0 Å². The van der Waals surface area contributed by atoms with Crippen molar-refractivity contribution in [3.05, 3.63) is 81.8 Å². The van der Waals surface area contributed by atoms with Crippen LogP contribution in [0.5, 0.6) is 11.5 Å². The Morgan fingerprint density at radius 1 is 1.07 bits per heavy atom. The molecule has 0 spiro atoms. The summed E-state index contributed by atoms with van der Waals surface area (Å²) >= 11 is 1.22. The predicted octanol–water partition coefficient (Wildman–Crippen LogP) is 3.78. The Hall–Kier alpha value is -4.43. The van der Waals surface area contributed by atoms with E-state index in [9.17, 15) is 27.6 Å². The molecule has 1 aromatic heterocycles. The van der Waals surface area contributed by atoms with Crippen molar-refractivity contribution < 1.29 is 37.0 Å². The normalized spacial score (nSPS) is 17.1. The molecule has 0 bridgehead atoms. The fourth-order valence-electron chi connectivity index (χ4n) is 4.35. The first-order valence-electron chi connectivity index (χ1n) is 12.8. The number of thiophene rings is 1. The average molecular weight is 604 g/mol. The van der Waals surface area contributed by atoms with Crippen molar-refractivity contribution in [3.8, 4) is 11.5 Å². The Balaban J connectivity index is 1.36. The molecule has 5 N–H and O–H groups in total. The standard InChI is InChI=1S/C28H28F3N5O5S/c1-15(22-10-11-23(42-22)25(32)33)35-27(39)21-12-20(41-28(30)31)14-36(21)24(37)13-34-26(38)16-2-6-18(7-3-16)40-19-8-4-17(29)5-9-19/h2-11,15,20-21,28H,12-14H2,1H3,(H3,32,33)(H,34,38)(H,35,39)/t15?,20-,21+/m1/s1. The lowest BCUT2D eigenvalue weighted by Crippen LogP contribution is -2.49. The third-order valence-electron chi connectivity index (χ3n) is 6.42. The molecule has 1 unspecified atom stereocenters. The zero-order chi connectivity index (χ0) is 30.4. The van der Waals surface area contributed by atoms with Crippen LogP contribution in [0.3, 0.4) is 0 Å². The van der Waals surface area contributed by atoms with Crippen LogP contribution in [-0.4, -0.2) is 60.3 Å². The van der Waals surface area contributed by atoms with Gasteiger partial charge >= 0.3 is 6.61 Å². The van der Waals surface area contributed by atoms with Gasteiger partial charge in [0.2, 0.25) is 11.8 Å². The van der Waals surface area contributed by atoms with Gasteiger partial charge in [0.25, 0.3) is 5.91 Å². The lowest BCUT2D eigenvalue weighted by molar-refractivity contribution is -0.160. The SMILES string of the molecule is CC(NC(=O)[C@@H]1C[C@@H](OC(F)F)CN1C(=O)CNC(=O)c1ccc(Oc2ccc(F)cc2)cc1)c1ccc(C(=N)N)s1. The number of ether oxygens (including phenoxy) is 2. The van der Waals surface area contributed by atoms with Crippen LogP contribution < -0.4 is 21.1 Å². The lowest BCUT2D eigenvalue weighted by atomic mass is 10.1. The Bertz CT molecular complexity index is 1430. The molecular formula is C28H28F3N5O5S. The molecule has 3 atom stereocenters. The molecule has 0 radical (unpaired) electrons. The summed E-state index contributed by atoms with van der Waals surface area (Å²) in [6.45, 7) is -2.12. The van der Waals surface area contributed by atoms with Crippen molar-refractivity contribution in [2.45, 2.75) is 38.1 Å². The van der Waals surface area contributed by atoms with Crippen LogP contribution >= 0.6 is 11.3 Å². The number of hydrogen-bond acceptors (Lipinski definition) is 7. The maximum absolute atomic E-state index is 13.1. The molecule has 0 aliphatic carbocycles. The Kier molecular flexibility index (Phi) is 9.80. The summed E-state index contributed by atoms with van der Waals surface area (Å²) in [7, 11) is 0. The van der Waals surface area contributed by atoms with Gasteiger partial charge in [-0.2, -0.15) is 8.78 Å². The van der Waals surface area contributed by atoms with E-state index in [1.165, 1.54) is 59.9 Å². The topological polar surface area (TPSA) is 147 Å². The van der Waals surface area contributed by atoms with Gasteiger partial charge in [-0.05, 0) is 67.6 Å². The summed E-state index contributed by atoms with van der Waals surface area (Å²) < 4.78 is 49.1. The molecule has 2 heterocycles. The molecule has 10 nitrogen and oxygen atoms in total. The number of rotatable bonds is 11. The zero-order valence-electron chi connectivity index (χ0n) is 22.3. The van der Waals surface area contributed by atoms with Crippen LogP contribution in [0.15, 0.2) is 60.7 Å². The minimum Gasteiger partial charge on any atom is -0.457 e. The van der Waals surface area contributed by atoms with Gasteiger partial charge < -0.3 is 30.7 Å². The number of nitrogen functional groups attached to an aromatic ring is 1. The Morgan fingerprint density at radius 2 is 1.71 bits per heavy atom. The molecule has 3 amide bonds. The van der Waals surface area contributed by atoms with Gasteiger partial charge in [0.15, 0.2) is 0 Å². The predicted molar refractivity (Wildman–Crippen MR) is 148 cm³/mol.